The van der Waals surface area contributed by atoms with Crippen molar-refractivity contribution in [3.8, 4) is 22.9 Å². The van der Waals surface area contributed by atoms with E-state index in [4.69, 9.17) is 9.47 Å². The Morgan fingerprint density at radius 2 is 1.48 bits per heavy atom. The molecule has 0 amide bonds. The lowest BCUT2D eigenvalue weighted by atomic mass is 10.1. The monoisotopic (exact) mass is 342 g/mol. The third-order valence-corrected chi connectivity index (χ3v) is 3.96. The van der Waals surface area contributed by atoms with Crippen molar-refractivity contribution >= 4 is 0 Å². The molecule has 0 radical (unpaired) electrons. The molecule has 2 rings (SSSR count). The quantitative estimate of drug-likeness (QED) is 0.466. The molecular weight excluding hydrogens is 312 g/mol. The van der Waals surface area contributed by atoms with Gasteiger partial charge in [-0.3, -0.25) is 0 Å². The van der Waals surface area contributed by atoms with Crippen LogP contribution in [0.4, 0.5) is 0 Å². The minimum absolute atomic E-state index is 0.689. The Hall–Kier alpha value is -2.10. The third kappa shape index (κ3) is 7.12. The Kier molecular flexibility index (Phi) is 8.81. The zero-order chi connectivity index (χ0) is 17.7. The first-order valence-electron chi connectivity index (χ1n) is 9.51. The van der Waals surface area contributed by atoms with Gasteiger partial charge in [0.25, 0.3) is 0 Å². The molecule has 0 saturated carbocycles. The summed E-state index contributed by atoms with van der Waals surface area (Å²) in [6.45, 7) is 5.78. The van der Waals surface area contributed by atoms with Crippen LogP contribution in [0.15, 0.2) is 36.7 Å². The van der Waals surface area contributed by atoms with E-state index in [1.165, 1.54) is 32.1 Å². The molecule has 25 heavy (non-hydrogen) atoms. The molecule has 1 aromatic carbocycles. The van der Waals surface area contributed by atoms with Gasteiger partial charge in [0.1, 0.15) is 5.75 Å². The number of nitrogens with zero attached hydrogens (tertiary/aromatic N) is 2. The van der Waals surface area contributed by atoms with E-state index >= 15 is 0 Å². The number of unbranched alkanes of at least 4 members (excludes halogenated alkanes) is 5. The maximum absolute atomic E-state index is 5.73. The number of aromatic nitrogens is 2. The molecule has 0 bridgehead atoms. The molecule has 0 atom stereocenters. The molecule has 0 fully saturated rings. The summed E-state index contributed by atoms with van der Waals surface area (Å²) in [4.78, 5) is 8.84. The van der Waals surface area contributed by atoms with Crippen molar-refractivity contribution < 1.29 is 9.47 Å². The van der Waals surface area contributed by atoms with E-state index in [1.807, 2.05) is 24.3 Å². The SMILES string of the molecule is CCCCCCCCOc1cnc(-c2cccc(OCCC)c2)nc1. The van der Waals surface area contributed by atoms with E-state index < -0.39 is 0 Å². The number of rotatable bonds is 12. The Balaban J connectivity index is 1.79. The zero-order valence-corrected chi connectivity index (χ0v) is 15.5. The van der Waals surface area contributed by atoms with Gasteiger partial charge in [-0.05, 0) is 25.0 Å². The van der Waals surface area contributed by atoms with Crippen molar-refractivity contribution in [3.05, 3.63) is 36.7 Å². The molecule has 0 N–H and O–H groups in total. The average Bonchev–Trinajstić information content (AvgIpc) is 2.66. The lowest BCUT2D eigenvalue weighted by Crippen LogP contribution is -1.99. The molecule has 4 nitrogen and oxygen atoms in total. The second kappa shape index (κ2) is 11.5. The standard InChI is InChI=1S/C21H30N2O2/c1-3-5-6-7-8-9-14-25-20-16-22-21(23-17-20)18-11-10-12-19(15-18)24-13-4-2/h10-12,15-17H,3-9,13-14H2,1-2H3. The highest BCUT2D eigenvalue weighted by molar-refractivity contribution is 5.57. The fourth-order valence-electron chi connectivity index (χ4n) is 2.56. The van der Waals surface area contributed by atoms with Crippen molar-refractivity contribution in [2.24, 2.45) is 0 Å². The molecule has 136 valence electrons. The van der Waals surface area contributed by atoms with Crippen molar-refractivity contribution in [2.45, 2.75) is 58.8 Å². The third-order valence-electron chi connectivity index (χ3n) is 3.96. The Bertz CT molecular complexity index is 599. The highest BCUT2D eigenvalue weighted by atomic mass is 16.5. The van der Waals surface area contributed by atoms with Crippen molar-refractivity contribution in [3.63, 3.8) is 0 Å². The van der Waals surface area contributed by atoms with Crippen molar-refractivity contribution in [1.29, 1.82) is 0 Å². The average molecular weight is 342 g/mol. The molecule has 0 aliphatic heterocycles. The highest BCUT2D eigenvalue weighted by Crippen LogP contribution is 2.22. The zero-order valence-electron chi connectivity index (χ0n) is 15.5. The fraction of sp³-hybridized carbons (Fsp3) is 0.524. The summed E-state index contributed by atoms with van der Waals surface area (Å²) in [7, 11) is 0. The van der Waals surface area contributed by atoms with Crippen LogP contribution in [0, 0.1) is 0 Å². The molecule has 0 aliphatic rings. The van der Waals surface area contributed by atoms with Crippen molar-refractivity contribution in [2.75, 3.05) is 13.2 Å². The van der Waals surface area contributed by atoms with Crippen LogP contribution in [-0.2, 0) is 0 Å². The van der Waals surface area contributed by atoms with Gasteiger partial charge in [0.05, 0.1) is 25.6 Å². The molecule has 0 aliphatic carbocycles. The molecule has 0 unspecified atom stereocenters. The van der Waals surface area contributed by atoms with Gasteiger partial charge in [0.15, 0.2) is 11.6 Å². The van der Waals surface area contributed by atoms with E-state index in [2.05, 4.69) is 23.8 Å². The first-order valence-corrected chi connectivity index (χ1v) is 9.51. The van der Waals surface area contributed by atoms with Crippen LogP contribution in [0.2, 0.25) is 0 Å². The second-order valence-electron chi connectivity index (χ2n) is 6.23. The summed E-state index contributed by atoms with van der Waals surface area (Å²) in [5.41, 5.74) is 0.955. The number of benzene rings is 1. The summed E-state index contributed by atoms with van der Waals surface area (Å²) in [6, 6.07) is 7.89. The van der Waals surface area contributed by atoms with Crippen LogP contribution < -0.4 is 9.47 Å². The maximum Gasteiger partial charge on any atom is 0.159 e. The van der Waals surface area contributed by atoms with Gasteiger partial charge >= 0.3 is 0 Å². The normalized spacial score (nSPS) is 10.6. The maximum atomic E-state index is 5.73. The summed E-state index contributed by atoms with van der Waals surface area (Å²) in [5.74, 6) is 2.27. The van der Waals surface area contributed by atoms with Gasteiger partial charge < -0.3 is 9.47 Å². The molecular formula is C21H30N2O2. The van der Waals surface area contributed by atoms with Gasteiger partial charge in [0, 0.05) is 5.56 Å². The summed E-state index contributed by atoms with van der Waals surface area (Å²) in [6.07, 6.45) is 12.0. The van der Waals surface area contributed by atoms with Crippen LogP contribution in [0.25, 0.3) is 11.4 Å². The molecule has 0 spiro atoms. The topological polar surface area (TPSA) is 44.2 Å². The summed E-state index contributed by atoms with van der Waals surface area (Å²) >= 11 is 0. The predicted octanol–water partition coefficient (Wildman–Crippen LogP) is 5.67. The fourth-order valence-corrected chi connectivity index (χ4v) is 2.56. The molecule has 0 saturated heterocycles. The first kappa shape index (κ1) is 19.2. The number of hydrogen-bond acceptors (Lipinski definition) is 4. The lowest BCUT2D eigenvalue weighted by molar-refractivity contribution is 0.302. The predicted molar refractivity (Wildman–Crippen MR) is 102 cm³/mol. The van der Waals surface area contributed by atoms with Crippen LogP contribution in [0.3, 0.4) is 0 Å². The van der Waals surface area contributed by atoms with Crippen LogP contribution >= 0.6 is 0 Å². The Labute approximate surface area is 151 Å². The summed E-state index contributed by atoms with van der Waals surface area (Å²) in [5, 5.41) is 0. The molecule has 1 heterocycles. The van der Waals surface area contributed by atoms with E-state index in [0.717, 1.165) is 43.1 Å². The second-order valence-corrected chi connectivity index (χ2v) is 6.23. The first-order chi connectivity index (χ1) is 12.3. The van der Waals surface area contributed by atoms with Gasteiger partial charge in [-0.1, -0.05) is 58.1 Å². The van der Waals surface area contributed by atoms with Gasteiger partial charge in [-0.25, -0.2) is 9.97 Å². The van der Waals surface area contributed by atoms with Crippen molar-refractivity contribution in [1.82, 2.24) is 9.97 Å². The van der Waals surface area contributed by atoms with Gasteiger partial charge in [0.2, 0.25) is 0 Å². The molecule has 1 aromatic heterocycles. The Morgan fingerprint density at radius 1 is 0.760 bits per heavy atom. The molecule has 4 heteroatoms. The van der Waals surface area contributed by atoms with E-state index in [1.54, 1.807) is 12.4 Å². The number of ether oxygens (including phenoxy) is 2. The minimum Gasteiger partial charge on any atom is -0.494 e. The van der Waals surface area contributed by atoms with Gasteiger partial charge in [-0.15, -0.1) is 0 Å². The Morgan fingerprint density at radius 3 is 2.24 bits per heavy atom. The van der Waals surface area contributed by atoms with Crippen LogP contribution in [0.1, 0.15) is 58.8 Å². The summed E-state index contributed by atoms with van der Waals surface area (Å²) < 4.78 is 11.4. The number of hydrogen-bond donors (Lipinski definition) is 0. The highest BCUT2D eigenvalue weighted by Gasteiger charge is 2.04. The molecule has 2 aromatic rings. The largest absolute Gasteiger partial charge is 0.494 e. The smallest absolute Gasteiger partial charge is 0.159 e. The van der Waals surface area contributed by atoms with E-state index in [-0.39, 0.29) is 0 Å². The van der Waals surface area contributed by atoms with Gasteiger partial charge in [-0.2, -0.15) is 0 Å². The minimum atomic E-state index is 0.689. The van der Waals surface area contributed by atoms with E-state index in [0.29, 0.717) is 5.82 Å². The van der Waals surface area contributed by atoms with Crippen LogP contribution in [0.5, 0.6) is 11.5 Å². The van der Waals surface area contributed by atoms with E-state index in [9.17, 15) is 0 Å². The van der Waals surface area contributed by atoms with Crippen LogP contribution in [-0.4, -0.2) is 23.2 Å². The lowest BCUT2D eigenvalue weighted by Gasteiger charge is -2.08.